The molecule has 0 amide bonds. The number of halogens is 2. The third kappa shape index (κ3) is 2.96. The highest BCUT2D eigenvalue weighted by molar-refractivity contribution is 6.30. The van der Waals surface area contributed by atoms with Crippen molar-refractivity contribution in [2.45, 2.75) is 13.5 Å². The van der Waals surface area contributed by atoms with E-state index in [1.165, 1.54) is 19.2 Å². The molecule has 0 saturated heterocycles. The topological polar surface area (TPSA) is 31.2 Å². The smallest absolute Gasteiger partial charge is 0.223 e. The Morgan fingerprint density at radius 2 is 2.11 bits per heavy atom. The zero-order valence-electron chi connectivity index (χ0n) is 10.6. The Labute approximate surface area is 115 Å². The highest BCUT2D eigenvalue weighted by Crippen LogP contribution is 2.17. The van der Waals surface area contributed by atoms with Gasteiger partial charge in [-0.25, -0.2) is 4.39 Å². The summed E-state index contributed by atoms with van der Waals surface area (Å²) in [6.07, 6.45) is 1.63. The molecule has 1 aromatic heterocycles. The Morgan fingerprint density at radius 3 is 2.74 bits per heavy atom. The zero-order valence-corrected chi connectivity index (χ0v) is 11.4. The molecule has 0 saturated carbocycles. The van der Waals surface area contributed by atoms with Crippen LogP contribution in [-0.4, -0.2) is 11.7 Å². The molecule has 0 radical (unpaired) electrons. The lowest BCUT2D eigenvalue weighted by molar-refractivity contribution is 0.405. The van der Waals surface area contributed by atoms with Crippen LogP contribution in [0.2, 0.25) is 5.02 Å². The minimum atomic E-state index is -0.445. The highest BCUT2D eigenvalue weighted by Gasteiger charge is 2.06. The third-order valence-corrected chi connectivity index (χ3v) is 3.16. The number of ether oxygens (including phenoxy) is 1. The van der Waals surface area contributed by atoms with Crippen LogP contribution in [0.1, 0.15) is 11.3 Å². The number of hydrogen-bond acceptors (Lipinski definition) is 2. The monoisotopic (exact) mass is 281 g/mol. The molecular weight excluding hydrogens is 269 g/mol. The molecule has 0 aliphatic rings. The lowest BCUT2D eigenvalue weighted by Gasteiger charge is -2.12. The van der Waals surface area contributed by atoms with Crippen LogP contribution < -0.4 is 10.2 Å². The van der Waals surface area contributed by atoms with E-state index in [0.717, 1.165) is 11.3 Å². The number of aryl methyl sites for hydroxylation is 1. The first-order valence-electron chi connectivity index (χ1n) is 5.70. The van der Waals surface area contributed by atoms with Crippen LogP contribution in [0.15, 0.2) is 35.3 Å². The Balaban J connectivity index is 2.37. The largest absolute Gasteiger partial charge is 0.491 e. The van der Waals surface area contributed by atoms with E-state index in [1.807, 2.05) is 11.5 Å². The Morgan fingerprint density at radius 1 is 1.37 bits per heavy atom. The van der Waals surface area contributed by atoms with Crippen LogP contribution in [0.5, 0.6) is 5.75 Å². The van der Waals surface area contributed by atoms with E-state index in [0.29, 0.717) is 6.54 Å². The molecule has 2 aromatic rings. The lowest BCUT2D eigenvalue weighted by Crippen LogP contribution is -2.13. The molecule has 0 bridgehead atoms. The Kier molecular flexibility index (Phi) is 3.90. The fourth-order valence-electron chi connectivity index (χ4n) is 1.81. The number of methoxy groups -OCH3 is 1. The lowest BCUT2D eigenvalue weighted by atomic mass is 10.2. The zero-order chi connectivity index (χ0) is 14.0. The van der Waals surface area contributed by atoms with Crippen molar-refractivity contribution in [3.05, 3.63) is 62.8 Å². The maximum Gasteiger partial charge on any atom is 0.223 e. The summed E-state index contributed by atoms with van der Waals surface area (Å²) in [5.41, 5.74) is 1.49. The average Bonchev–Trinajstić information content (AvgIpc) is 2.37. The molecule has 0 N–H and O–H groups in total. The predicted octanol–water partition coefficient (Wildman–Crippen LogP) is 3.01. The number of pyridine rings is 1. The van der Waals surface area contributed by atoms with E-state index < -0.39 is 5.82 Å². The van der Waals surface area contributed by atoms with Gasteiger partial charge in [-0.2, -0.15) is 0 Å². The van der Waals surface area contributed by atoms with E-state index in [1.54, 1.807) is 18.3 Å². The predicted molar refractivity (Wildman–Crippen MR) is 72.5 cm³/mol. The highest BCUT2D eigenvalue weighted by atomic mass is 35.5. The summed E-state index contributed by atoms with van der Waals surface area (Å²) < 4.78 is 19.9. The maximum atomic E-state index is 13.1. The van der Waals surface area contributed by atoms with Crippen LogP contribution in [0.4, 0.5) is 4.39 Å². The normalized spacial score (nSPS) is 10.5. The molecule has 1 heterocycles. The fraction of sp³-hybridized carbons (Fsp3) is 0.214. The van der Waals surface area contributed by atoms with Gasteiger partial charge >= 0.3 is 0 Å². The van der Waals surface area contributed by atoms with Gasteiger partial charge in [-0.15, -0.1) is 0 Å². The first kappa shape index (κ1) is 13.6. The Hall–Kier alpha value is -1.81. The van der Waals surface area contributed by atoms with Gasteiger partial charge in [-0.3, -0.25) is 4.79 Å². The van der Waals surface area contributed by atoms with Crippen LogP contribution in [0.25, 0.3) is 0 Å². The van der Waals surface area contributed by atoms with Gasteiger partial charge in [0.1, 0.15) is 5.82 Å². The first-order valence-corrected chi connectivity index (χ1v) is 6.08. The van der Waals surface area contributed by atoms with Gasteiger partial charge in [0.2, 0.25) is 5.43 Å². The van der Waals surface area contributed by atoms with Gasteiger partial charge in [0.15, 0.2) is 5.75 Å². The molecule has 100 valence electrons. The maximum absolute atomic E-state index is 13.1. The number of nitrogens with zero attached hydrogens (tertiary/aromatic N) is 1. The van der Waals surface area contributed by atoms with Crippen LogP contribution >= 0.6 is 11.6 Å². The van der Waals surface area contributed by atoms with Gasteiger partial charge in [-0.05, 0) is 24.6 Å². The number of rotatable bonds is 3. The van der Waals surface area contributed by atoms with Gasteiger partial charge < -0.3 is 9.30 Å². The van der Waals surface area contributed by atoms with Gasteiger partial charge in [0, 0.05) is 18.3 Å². The summed E-state index contributed by atoms with van der Waals surface area (Å²) in [5, 5.41) is 0.0863. The van der Waals surface area contributed by atoms with Crippen molar-refractivity contribution in [1.29, 1.82) is 0 Å². The van der Waals surface area contributed by atoms with Crippen LogP contribution in [0, 0.1) is 12.7 Å². The van der Waals surface area contributed by atoms with Crippen LogP contribution in [0.3, 0.4) is 0 Å². The van der Waals surface area contributed by atoms with E-state index in [4.69, 9.17) is 16.3 Å². The average molecular weight is 282 g/mol. The van der Waals surface area contributed by atoms with E-state index in [-0.39, 0.29) is 16.2 Å². The molecule has 1 aromatic carbocycles. The second kappa shape index (κ2) is 5.45. The quantitative estimate of drug-likeness (QED) is 0.866. The molecule has 2 rings (SSSR count). The number of aromatic nitrogens is 1. The van der Waals surface area contributed by atoms with Crippen LogP contribution in [-0.2, 0) is 6.54 Å². The number of hydrogen-bond donors (Lipinski definition) is 0. The van der Waals surface area contributed by atoms with Gasteiger partial charge in [0.25, 0.3) is 0 Å². The molecule has 0 aliphatic heterocycles. The van der Waals surface area contributed by atoms with Crippen molar-refractivity contribution in [2.75, 3.05) is 7.11 Å². The molecule has 3 nitrogen and oxygen atoms in total. The molecule has 5 heteroatoms. The second-order valence-electron chi connectivity index (χ2n) is 4.22. The first-order chi connectivity index (χ1) is 9.01. The van der Waals surface area contributed by atoms with Crippen molar-refractivity contribution >= 4 is 11.6 Å². The van der Waals surface area contributed by atoms with Crippen molar-refractivity contribution < 1.29 is 9.13 Å². The molecule has 0 unspecified atom stereocenters. The summed E-state index contributed by atoms with van der Waals surface area (Å²) in [6.45, 7) is 2.31. The summed E-state index contributed by atoms with van der Waals surface area (Å²) in [6, 6.07) is 6.06. The summed E-state index contributed by atoms with van der Waals surface area (Å²) in [5.74, 6) is -0.168. The summed E-state index contributed by atoms with van der Waals surface area (Å²) in [4.78, 5) is 11.6. The molecule has 0 aliphatic carbocycles. The second-order valence-corrected chi connectivity index (χ2v) is 4.63. The molecule has 0 atom stereocenters. The molecule has 19 heavy (non-hydrogen) atoms. The SMILES string of the molecule is COc1cn(Cc2ccc(F)c(Cl)c2)c(C)cc1=O. The summed E-state index contributed by atoms with van der Waals surface area (Å²) >= 11 is 5.74. The fourth-order valence-corrected chi connectivity index (χ4v) is 2.01. The minimum absolute atomic E-state index is 0.0863. The molecule has 0 fully saturated rings. The standard InChI is InChI=1S/C14H13ClFNO2/c1-9-5-13(18)14(19-2)8-17(9)7-10-3-4-12(16)11(15)6-10/h3-6,8H,7H2,1-2H3. The molecule has 0 spiro atoms. The minimum Gasteiger partial charge on any atom is -0.491 e. The van der Waals surface area contributed by atoms with E-state index >= 15 is 0 Å². The third-order valence-electron chi connectivity index (χ3n) is 2.87. The van der Waals surface area contributed by atoms with E-state index in [9.17, 15) is 9.18 Å². The molecular formula is C14H13ClFNO2. The van der Waals surface area contributed by atoms with Crippen molar-refractivity contribution in [3.63, 3.8) is 0 Å². The van der Waals surface area contributed by atoms with Crippen molar-refractivity contribution in [3.8, 4) is 5.75 Å². The number of benzene rings is 1. The Bertz CT molecular complexity index is 667. The van der Waals surface area contributed by atoms with Crippen molar-refractivity contribution in [1.82, 2.24) is 4.57 Å². The van der Waals surface area contributed by atoms with Gasteiger partial charge in [-0.1, -0.05) is 17.7 Å². The summed E-state index contributed by atoms with van der Waals surface area (Å²) in [7, 11) is 1.45. The van der Waals surface area contributed by atoms with Crippen molar-refractivity contribution in [2.24, 2.45) is 0 Å². The van der Waals surface area contributed by atoms with E-state index in [2.05, 4.69) is 0 Å². The van der Waals surface area contributed by atoms with Gasteiger partial charge in [0.05, 0.1) is 18.3 Å².